The van der Waals surface area contributed by atoms with Crippen molar-refractivity contribution in [2.45, 2.75) is 25.3 Å². The number of hydrogen-bond acceptors (Lipinski definition) is 3. The van der Waals surface area contributed by atoms with Crippen LogP contribution in [0.1, 0.15) is 19.3 Å². The maximum Gasteiger partial charge on any atom is 0.230 e. The first kappa shape index (κ1) is 10.9. The second-order valence-electron chi connectivity index (χ2n) is 3.53. The molecule has 1 saturated carbocycles. The Kier molecular flexibility index (Phi) is 4.59. The van der Waals surface area contributed by atoms with Crippen LogP contribution in [-0.2, 0) is 4.79 Å². The molecule has 1 aliphatic rings. The van der Waals surface area contributed by atoms with Crippen molar-refractivity contribution in [2.75, 3.05) is 18.6 Å². The predicted octanol–water partition coefficient (Wildman–Crippen LogP) is 0.593. The van der Waals surface area contributed by atoms with E-state index in [2.05, 4.69) is 5.32 Å². The van der Waals surface area contributed by atoms with Crippen molar-refractivity contribution in [3.8, 4) is 0 Å². The van der Waals surface area contributed by atoms with Gasteiger partial charge in [-0.2, -0.15) is 11.8 Å². The Morgan fingerprint density at radius 2 is 2.38 bits per heavy atom. The minimum Gasteiger partial charge on any atom is -0.352 e. The summed E-state index contributed by atoms with van der Waals surface area (Å²) in [6.45, 7) is 0.699. The molecule has 3 nitrogen and oxygen atoms in total. The number of hydrogen-bond donors (Lipinski definition) is 2. The van der Waals surface area contributed by atoms with Gasteiger partial charge in [0.05, 0.1) is 5.75 Å². The van der Waals surface area contributed by atoms with Gasteiger partial charge in [-0.05, 0) is 31.6 Å². The first-order chi connectivity index (χ1) is 6.27. The van der Waals surface area contributed by atoms with Crippen LogP contribution in [0, 0.1) is 5.92 Å². The standard InChI is InChI=1S/C9H18N2OS/c1-13-6-9(12)11-8-4-2-3-7(8)5-10/h7-8H,2-6,10H2,1H3,(H,11,12). The number of nitrogens with one attached hydrogen (secondary N) is 1. The largest absolute Gasteiger partial charge is 0.352 e. The highest BCUT2D eigenvalue weighted by molar-refractivity contribution is 7.99. The fourth-order valence-corrected chi connectivity index (χ4v) is 2.23. The lowest BCUT2D eigenvalue weighted by molar-refractivity contribution is -0.119. The lowest BCUT2D eigenvalue weighted by Crippen LogP contribution is -2.40. The first-order valence-electron chi connectivity index (χ1n) is 4.76. The van der Waals surface area contributed by atoms with Gasteiger partial charge in [-0.3, -0.25) is 4.79 Å². The Morgan fingerprint density at radius 1 is 1.62 bits per heavy atom. The Hall–Kier alpha value is -0.220. The number of carbonyl (C=O) groups excluding carboxylic acids is 1. The van der Waals surface area contributed by atoms with Crippen molar-refractivity contribution in [2.24, 2.45) is 11.7 Å². The number of nitrogens with two attached hydrogens (primary N) is 1. The smallest absolute Gasteiger partial charge is 0.230 e. The summed E-state index contributed by atoms with van der Waals surface area (Å²) in [6, 6.07) is 0.338. The summed E-state index contributed by atoms with van der Waals surface area (Å²) in [5, 5.41) is 3.04. The molecule has 2 unspecified atom stereocenters. The lowest BCUT2D eigenvalue weighted by Gasteiger charge is -2.18. The molecule has 0 heterocycles. The van der Waals surface area contributed by atoms with Gasteiger partial charge in [0.1, 0.15) is 0 Å². The van der Waals surface area contributed by atoms with E-state index < -0.39 is 0 Å². The molecular formula is C9H18N2OS. The maximum atomic E-state index is 11.3. The van der Waals surface area contributed by atoms with E-state index in [-0.39, 0.29) is 5.91 Å². The third-order valence-electron chi connectivity index (χ3n) is 2.58. The highest BCUT2D eigenvalue weighted by Gasteiger charge is 2.26. The second-order valence-corrected chi connectivity index (χ2v) is 4.40. The zero-order valence-electron chi connectivity index (χ0n) is 8.08. The third kappa shape index (κ3) is 3.19. The van der Waals surface area contributed by atoms with Crippen LogP contribution in [0.2, 0.25) is 0 Å². The van der Waals surface area contributed by atoms with Crippen LogP contribution >= 0.6 is 11.8 Å². The van der Waals surface area contributed by atoms with Gasteiger partial charge in [0.25, 0.3) is 0 Å². The molecule has 3 N–H and O–H groups in total. The molecule has 1 amide bonds. The Balaban J connectivity index is 2.30. The zero-order chi connectivity index (χ0) is 9.68. The molecule has 0 spiro atoms. The fourth-order valence-electron chi connectivity index (χ4n) is 1.89. The molecule has 1 fully saturated rings. The monoisotopic (exact) mass is 202 g/mol. The summed E-state index contributed by atoms with van der Waals surface area (Å²) in [7, 11) is 0. The Labute approximate surface area is 83.8 Å². The van der Waals surface area contributed by atoms with Crippen molar-refractivity contribution < 1.29 is 4.79 Å². The normalized spacial score (nSPS) is 27.5. The van der Waals surface area contributed by atoms with Crippen LogP contribution in [0.4, 0.5) is 0 Å². The summed E-state index contributed by atoms with van der Waals surface area (Å²) < 4.78 is 0. The summed E-state index contributed by atoms with van der Waals surface area (Å²) in [5.74, 6) is 1.22. The average molecular weight is 202 g/mol. The molecule has 13 heavy (non-hydrogen) atoms. The lowest BCUT2D eigenvalue weighted by atomic mass is 10.0. The van der Waals surface area contributed by atoms with Gasteiger partial charge in [0.2, 0.25) is 5.91 Å². The summed E-state index contributed by atoms with van der Waals surface area (Å²) in [6.07, 6.45) is 5.41. The van der Waals surface area contributed by atoms with Gasteiger partial charge in [-0.25, -0.2) is 0 Å². The second kappa shape index (κ2) is 5.50. The van der Waals surface area contributed by atoms with E-state index in [0.717, 1.165) is 6.42 Å². The van der Waals surface area contributed by atoms with Crippen molar-refractivity contribution >= 4 is 17.7 Å². The van der Waals surface area contributed by atoms with E-state index in [1.165, 1.54) is 12.8 Å². The number of rotatable bonds is 4. The van der Waals surface area contributed by atoms with Crippen molar-refractivity contribution in [3.63, 3.8) is 0 Å². The van der Waals surface area contributed by atoms with Gasteiger partial charge in [-0.15, -0.1) is 0 Å². The average Bonchev–Trinajstić information content (AvgIpc) is 2.52. The quantitative estimate of drug-likeness (QED) is 0.701. The van der Waals surface area contributed by atoms with E-state index in [9.17, 15) is 4.79 Å². The van der Waals surface area contributed by atoms with Crippen molar-refractivity contribution in [1.29, 1.82) is 0 Å². The Morgan fingerprint density at radius 3 is 3.00 bits per heavy atom. The van der Waals surface area contributed by atoms with Gasteiger partial charge in [0, 0.05) is 6.04 Å². The number of carbonyl (C=O) groups is 1. The van der Waals surface area contributed by atoms with E-state index >= 15 is 0 Å². The van der Waals surface area contributed by atoms with Gasteiger partial charge >= 0.3 is 0 Å². The van der Waals surface area contributed by atoms with Crippen LogP contribution in [0.25, 0.3) is 0 Å². The number of amides is 1. The van der Waals surface area contributed by atoms with Gasteiger partial charge < -0.3 is 11.1 Å². The highest BCUT2D eigenvalue weighted by atomic mass is 32.2. The summed E-state index contributed by atoms with van der Waals surface area (Å²) in [4.78, 5) is 11.3. The van der Waals surface area contributed by atoms with E-state index in [1.54, 1.807) is 11.8 Å². The molecule has 0 radical (unpaired) electrons. The third-order valence-corrected chi connectivity index (χ3v) is 3.13. The molecule has 0 aromatic carbocycles. The first-order valence-corrected chi connectivity index (χ1v) is 6.15. The predicted molar refractivity (Wildman–Crippen MR) is 56.7 cm³/mol. The van der Waals surface area contributed by atoms with E-state index in [4.69, 9.17) is 5.73 Å². The molecule has 0 aromatic heterocycles. The van der Waals surface area contributed by atoms with Crippen LogP contribution in [-0.4, -0.2) is 30.5 Å². The van der Waals surface area contributed by atoms with E-state index in [1.807, 2.05) is 6.26 Å². The molecule has 0 saturated heterocycles. The number of thioether (sulfide) groups is 1. The molecule has 1 aliphatic carbocycles. The van der Waals surface area contributed by atoms with E-state index in [0.29, 0.717) is 24.3 Å². The minimum atomic E-state index is 0.151. The molecule has 4 heteroatoms. The maximum absolute atomic E-state index is 11.3. The molecule has 0 aliphatic heterocycles. The fraction of sp³-hybridized carbons (Fsp3) is 0.889. The Bertz CT molecular complexity index is 175. The zero-order valence-corrected chi connectivity index (χ0v) is 8.90. The molecule has 0 aromatic rings. The topological polar surface area (TPSA) is 55.1 Å². The molecule has 0 bridgehead atoms. The van der Waals surface area contributed by atoms with Gasteiger partial charge in [0.15, 0.2) is 0 Å². The van der Waals surface area contributed by atoms with Crippen LogP contribution in [0.5, 0.6) is 0 Å². The summed E-state index contributed by atoms with van der Waals surface area (Å²) >= 11 is 1.56. The van der Waals surface area contributed by atoms with Crippen LogP contribution in [0.15, 0.2) is 0 Å². The molecular weight excluding hydrogens is 184 g/mol. The molecule has 76 valence electrons. The van der Waals surface area contributed by atoms with Crippen LogP contribution < -0.4 is 11.1 Å². The SMILES string of the molecule is CSCC(=O)NC1CCCC1CN. The van der Waals surface area contributed by atoms with Crippen LogP contribution in [0.3, 0.4) is 0 Å². The highest BCUT2D eigenvalue weighted by Crippen LogP contribution is 2.24. The van der Waals surface area contributed by atoms with Crippen molar-refractivity contribution in [3.05, 3.63) is 0 Å². The van der Waals surface area contributed by atoms with Crippen molar-refractivity contribution in [1.82, 2.24) is 5.32 Å². The molecule has 1 rings (SSSR count). The summed E-state index contributed by atoms with van der Waals surface area (Å²) in [5.41, 5.74) is 5.62. The minimum absolute atomic E-state index is 0.151. The van der Waals surface area contributed by atoms with Gasteiger partial charge in [-0.1, -0.05) is 6.42 Å². The molecule has 2 atom stereocenters.